The molecule has 1 saturated heterocycles. The number of hydrogen-bond acceptors (Lipinski definition) is 6. The van der Waals surface area contributed by atoms with E-state index in [-0.39, 0.29) is 24.0 Å². The molecule has 0 unspecified atom stereocenters. The lowest BCUT2D eigenvalue weighted by Crippen LogP contribution is -2.35. The van der Waals surface area contributed by atoms with Crippen molar-refractivity contribution >= 4 is 21.6 Å². The highest BCUT2D eigenvalue weighted by Gasteiger charge is 2.27. The van der Waals surface area contributed by atoms with Crippen LogP contribution in [-0.4, -0.2) is 45.1 Å². The number of nitrogens with one attached hydrogen (secondary N) is 1. The molecule has 0 aliphatic carbocycles. The predicted molar refractivity (Wildman–Crippen MR) is 120 cm³/mol. The zero-order chi connectivity index (χ0) is 22.6. The Morgan fingerprint density at radius 1 is 1.06 bits per heavy atom. The molecule has 1 fully saturated rings. The third-order valence-electron chi connectivity index (χ3n) is 5.56. The van der Waals surface area contributed by atoms with E-state index in [4.69, 9.17) is 14.2 Å². The summed E-state index contributed by atoms with van der Waals surface area (Å²) in [5, 5.41) is 2.83. The molecular formula is C23H28N2O6S. The molecular weight excluding hydrogens is 432 g/mol. The van der Waals surface area contributed by atoms with Crippen LogP contribution in [0.1, 0.15) is 38.2 Å². The maximum absolute atomic E-state index is 13.0. The van der Waals surface area contributed by atoms with Gasteiger partial charge in [0, 0.05) is 19.5 Å². The van der Waals surface area contributed by atoms with Crippen molar-refractivity contribution in [2.45, 2.75) is 43.9 Å². The Labute approximate surface area is 188 Å². The van der Waals surface area contributed by atoms with Gasteiger partial charge in [0.05, 0.1) is 17.2 Å². The maximum atomic E-state index is 13.0. The number of aryl methyl sites for hydroxylation is 1. The van der Waals surface area contributed by atoms with Crippen molar-refractivity contribution < 1.29 is 27.4 Å². The standard InChI is InChI=1S/C23H28N2O6S/c1-2-29-20-10-8-18(32(27,28)25-12-4-3-5-13-25)15-19(20)24-23(26)11-7-17-6-9-21-22(14-17)31-16-30-21/h6,8-10,14-15H,2-5,7,11-13,16H2,1H3,(H,24,26). The topological polar surface area (TPSA) is 94.2 Å². The number of sulfonamides is 1. The van der Waals surface area contributed by atoms with Crippen molar-refractivity contribution in [3.8, 4) is 17.2 Å². The van der Waals surface area contributed by atoms with E-state index in [2.05, 4.69) is 5.32 Å². The van der Waals surface area contributed by atoms with Gasteiger partial charge in [-0.05, 0) is 62.1 Å². The van der Waals surface area contributed by atoms with Crippen LogP contribution in [0.25, 0.3) is 0 Å². The summed E-state index contributed by atoms with van der Waals surface area (Å²) < 4.78 is 43.9. The second-order valence-electron chi connectivity index (χ2n) is 7.79. The van der Waals surface area contributed by atoms with Crippen molar-refractivity contribution in [2.75, 3.05) is 31.8 Å². The first-order valence-electron chi connectivity index (χ1n) is 10.9. The highest BCUT2D eigenvalue weighted by Crippen LogP contribution is 2.33. The monoisotopic (exact) mass is 460 g/mol. The molecule has 9 heteroatoms. The Kier molecular flexibility index (Phi) is 6.86. The first-order chi connectivity index (χ1) is 15.5. The Hall–Kier alpha value is -2.78. The van der Waals surface area contributed by atoms with Crippen LogP contribution >= 0.6 is 0 Å². The first-order valence-corrected chi connectivity index (χ1v) is 12.4. The number of nitrogens with zero attached hydrogens (tertiary/aromatic N) is 1. The maximum Gasteiger partial charge on any atom is 0.243 e. The van der Waals surface area contributed by atoms with Crippen molar-refractivity contribution in [3.05, 3.63) is 42.0 Å². The molecule has 2 heterocycles. The summed E-state index contributed by atoms with van der Waals surface area (Å²) in [6.45, 7) is 3.48. The van der Waals surface area contributed by atoms with E-state index in [1.807, 2.05) is 25.1 Å². The fourth-order valence-corrected chi connectivity index (χ4v) is 5.41. The molecule has 0 saturated carbocycles. The van der Waals surface area contributed by atoms with Crippen LogP contribution < -0.4 is 19.5 Å². The van der Waals surface area contributed by atoms with Gasteiger partial charge in [-0.25, -0.2) is 8.42 Å². The van der Waals surface area contributed by atoms with E-state index in [0.717, 1.165) is 24.8 Å². The fraction of sp³-hybridized carbons (Fsp3) is 0.435. The molecule has 1 N–H and O–H groups in total. The lowest BCUT2D eigenvalue weighted by Gasteiger charge is -2.26. The summed E-state index contributed by atoms with van der Waals surface area (Å²) in [4.78, 5) is 12.8. The van der Waals surface area contributed by atoms with Crippen LogP contribution in [0.2, 0.25) is 0 Å². The number of amides is 1. The third-order valence-corrected chi connectivity index (χ3v) is 7.45. The van der Waals surface area contributed by atoms with Crippen molar-refractivity contribution in [1.82, 2.24) is 4.31 Å². The zero-order valence-corrected chi connectivity index (χ0v) is 18.9. The van der Waals surface area contributed by atoms with Gasteiger partial charge >= 0.3 is 0 Å². The van der Waals surface area contributed by atoms with Crippen LogP contribution in [-0.2, 0) is 21.2 Å². The fourth-order valence-electron chi connectivity index (χ4n) is 3.87. The Balaban J connectivity index is 1.47. The molecule has 8 nitrogen and oxygen atoms in total. The molecule has 4 rings (SSSR count). The number of ether oxygens (including phenoxy) is 3. The Morgan fingerprint density at radius 2 is 1.84 bits per heavy atom. The molecule has 1 amide bonds. The molecule has 2 aromatic rings. The SMILES string of the molecule is CCOc1ccc(S(=O)(=O)N2CCCCC2)cc1NC(=O)CCc1ccc2c(c1)OCO2. The van der Waals surface area contributed by atoms with Gasteiger partial charge in [-0.3, -0.25) is 4.79 Å². The second kappa shape index (κ2) is 9.79. The number of anilines is 1. The number of piperidine rings is 1. The number of carbonyl (C=O) groups excluding carboxylic acids is 1. The summed E-state index contributed by atoms with van der Waals surface area (Å²) in [7, 11) is -3.61. The number of carbonyl (C=O) groups is 1. The summed E-state index contributed by atoms with van der Waals surface area (Å²) in [5.41, 5.74) is 1.32. The molecule has 2 aliphatic rings. The predicted octanol–water partition coefficient (Wildman–Crippen LogP) is 3.56. The lowest BCUT2D eigenvalue weighted by atomic mass is 10.1. The molecule has 0 spiro atoms. The van der Waals surface area contributed by atoms with Crippen molar-refractivity contribution in [3.63, 3.8) is 0 Å². The minimum atomic E-state index is -3.61. The average Bonchev–Trinajstić information content (AvgIpc) is 3.27. The van der Waals surface area contributed by atoms with Crippen LogP contribution in [0.15, 0.2) is 41.3 Å². The van der Waals surface area contributed by atoms with E-state index >= 15 is 0 Å². The van der Waals surface area contributed by atoms with E-state index in [1.54, 1.807) is 6.07 Å². The number of benzene rings is 2. The third kappa shape index (κ3) is 4.99. The van der Waals surface area contributed by atoms with E-state index in [9.17, 15) is 13.2 Å². The van der Waals surface area contributed by atoms with Gasteiger partial charge in [-0.1, -0.05) is 12.5 Å². The smallest absolute Gasteiger partial charge is 0.243 e. The largest absolute Gasteiger partial charge is 0.492 e. The van der Waals surface area contributed by atoms with Crippen LogP contribution in [0.4, 0.5) is 5.69 Å². The van der Waals surface area contributed by atoms with Gasteiger partial charge in [0.2, 0.25) is 22.7 Å². The first kappa shape index (κ1) is 22.4. The van der Waals surface area contributed by atoms with Gasteiger partial charge < -0.3 is 19.5 Å². The molecule has 2 aromatic carbocycles. The van der Waals surface area contributed by atoms with Gasteiger partial charge in [0.1, 0.15) is 5.75 Å². The normalized spacial score (nSPS) is 16.0. The van der Waals surface area contributed by atoms with E-state index in [0.29, 0.717) is 49.1 Å². The highest BCUT2D eigenvalue weighted by molar-refractivity contribution is 7.89. The number of rotatable bonds is 8. The molecule has 0 bridgehead atoms. The Bertz CT molecular complexity index is 1080. The lowest BCUT2D eigenvalue weighted by molar-refractivity contribution is -0.116. The minimum Gasteiger partial charge on any atom is -0.492 e. The van der Waals surface area contributed by atoms with Gasteiger partial charge in [0.15, 0.2) is 11.5 Å². The van der Waals surface area contributed by atoms with Crippen LogP contribution in [0, 0.1) is 0 Å². The van der Waals surface area contributed by atoms with E-state index in [1.165, 1.54) is 16.4 Å². The van der Waals surface area contributed by atoms with Gasteiger partial charge in [0.25, 0.3) is 0 Å². The molecule has 32 heavy (non-hydrogen) atoms. The van der Waals surface area contributed by atoms with E-state index < -0.39 is 10.0 Å². The summed E-state index contributed by atoms with van der Waals surface area (Å²) in [6, 6.07) is 10.2. The number of fused-ring (bicyclic) bond motifs is 1. The second-order valence-corrected chi connectivity index (χ2v) is 9.73. The molecule has 2 aliphatic heterocycles. The minimum absolute atomic E-state index is 0.161. The Morgan fingerprint density at radius 3 is 2.62 bits per heavy atom. The number of hydrogen-bond donors (Lipinski definition) is 1. The quantitative estimate of drug-likeness (QED) is 0.647. The molecule has 172 valence electrons. The molecule has 0 radical (unpaired) electrons. The molecule has 0 aromatic heterocycles. The van der Waals surface area contributed by atoms with Crippen molar-refractivity contribution in [1.29, 1.82) is 0 Å². The van der Waals surface area contributed by atoms with Crippen LogP contribution in [0.5, 0.6) is 17.2 Å². The van der Waals surface area contributed by atoms with Crippen LogP contribution in [0.3, 0.4) is 0 Å². The molecule has 0 atom stereocenters. The summed E-state index contributed by atoms with van der Waals surface area (Å²) >= 11 is 0. The highest BCUT2D eigenvalue weighted by atomic mass is 32.2. The van der Waals surface area contributed by atoms with Crippen molar-refractivity contribution in [2.24, 2.45) is 0 Å². The summed E-state index contributed by atoms with van der Waals surface area (Å²) in [5.74, 6) is 1.60. The average molecular weight is 461 g/mol. The van der Waals surface area contributed by atoms with Gasteiger partial charge in [-0.15, -0.1) is 0 Å². The summed E-state index contributed by atoms with van der Waals surface area (Å²) in [6.07, 6.45) is 3.51. The van der Waals surface area contributed by atoms with Gasteiger partial charge in [-0.2, -0.15) is 4.31 Å². The zero-order valence-electron chi connectivity index (χ0n) is 18.1.